The second-order valence-electron chi connectivity index (χ2n) is 5.03. The molecule has 0 aromatic heterocycles. The van der Waals surface area contributed by atoms with Crippen LogP contribution in [0.5, 0.6) is 0 Å². The van der Waals surface area contributed by atoms with Crippen molar-refractivity contribution in [1.29, 1.82) is 0 Å². The first-order valence-corrected chi connectivity index (χ1v) is 8.26. The van der Waals surface area contributed by atoms with Gasteiger partial charge in [0.05, 0.1) is 0 Å². The molecule has 0 fully saturated rings. The molecule has 1 rings (SSSR count). The van der Waals surface area contributed by atoms with Crippen LogP contribution in [0.3, 0.4) is 0 Å². The molecule has 0 unspecified atom stereocenters. The fraction of sp³-hybridized carbons (Fsp3) is 0.533. The Morgan fingerprint density at radius 2 is 2.05 bits per heavy atom. The van der Waals surface area contributed by atoms with Gasteiger partial charge >= 0.3 is 0 Å². The van der Waals surface area contributed by atoms with E-state index < -0.39 is 5.82 Å². The number of hydrogen-bond donors (Lipinski definition) is 3. The summed E-state index contributed by atoms with van der Waals surface area (Å²) in [5, 5.41) is 15.0. The van der Waals surface area contributed by atoms with Gasteiger partial charge in [0.25, 0.3) is 0 Å². The van der Waals surface area contributed by atoms with Crippen LogP contribution in [0.1, 0.15) is 37.8 Å². The molecule has 0 amide bonds. The number of benzene rings is 1. The summed E-state index contributed by atoms with van der Waals surface area (Å²) in [4.78, 5) is 0. The Morgan fingerprint density at radius 1 is 1.38 bits per heavy atom. The van der Waals surface area contributed by atoms with Crippen molar-refractivity contribution in [3.05, 3.63) is 35.1 Å². The standard InChI is InChI=1S/C15H24FN3OS/c1-4-15(5-2,21-3)10-18-9-11-6-12(14(17)19-20)8-13(16)7-11/h6-8,18,20H,4-5,9-10H2,1-3H3,(H2,17,19). The summed E-state index contributed by atoms with van der Waals surface area (Å²) in [6, 6.07) is 4.44. The average molecular weight is 313 g/mol. The van der Waals surface area contributed by atoms with Gasteiger partial charge in [0.15, 0.2) is 5.84 Å². The highest BCUT2D eigenvalue weighted by Crippen LogP contribution is 2.29. The molecule has 6 heteroatoms. The highest BCUT2D eigenvalue weighted by atomic mass is 32.2. The molecule has 0 saturated carbocycles. The van der Waals surface area contributed by atoms with Gasteiger partial charge in [-0.15, -0.1) is 0 Å². The molecule has 0 heterocycles. The van der Waals surface area contributed by atoms with Crippen LogP contribution in [0.25, 0.3) is 0 Å². The van der Waals surface area contributed by atoms with E-state index in [4.69, 9.17) is 10.9 Å². The third-order valence-electron chi connectivity index (χ3n) is 3.86. The van der Waals surface area contributed by atoms with E-state index in [1.54, 1.807) is 6.07 Å². The number of hydrogen-bond acceptors (Lipinski definition) is 4. The minimum Gasteiger partial charge on any atom is -0.409 e. The fourth-order valence-corrected chi connectivity index (χ4v) is 3.08. The number of nitrogens with zero attached hydrogens (tertiary/aromatic N) is 1. The monoisotopic (exact) mass is 313 g/mol. The summed E-state index contributed by atoms with van der Waals surface area (Å²) >= 11 is 1.86. The molecule has 0 atom stereocenters. The van der Waals surface area contributed by atoms with Gasteiger partial charge in [0.1, 0.15) is 5.82 Å². The topological polar surface area (TPSA) is 70.6 Å². The molecule has 0 aliphatic carbocycles. The van der Waals surface area contributed by atoms with Crippen LogP contribution >= 0.6 is 11.8 Å². The zero-order valence-corrected chi connectivity index (χ0v) is 13.6. The summed E-state index contributed by atoms with van der Waals surface area (Å²) in [5.41, 5.74) is 6.67. The summed E-state index contributed by atoms with van der Waals surface area (Å²) in [6.45, 7) is 5.77. The van der Waals surface area contributed by atoms with E-state index in [0.717, 1.165) is 24.9 Å². The van der Waals surface area contributed by atoms with Crippen LogP contribution in [0, 0.1) is 5.82 Å². The highest BCUT2D eigenvalue weighted by Gasteiger charge is 2.24. The molecule has 0 spiro atoms. The molecule has 0 aliphatic heterocycles. The number of thioether (sulfide) groups is 1. The smallest absolute Gasteiger partial charge is 0.170 e. The predicted octanol–water partition coefficient (Wildman–Crippen LogP) is 2.93. The van der Waals surface area contributed by atoms with Crippen LogP contribution in [0.15, 0.2) is 23.4 Å². The summed E-state index contributed by atoms with van der Waals surface area (Å²) in [5.74, 6) is -0.477. The third kappa shape index (κ3) is 4.89. The number of nitrogens with two attached hydrogens (primary N) is 1. The first kappa shape index (κ1) is 17.8. The maximum atomic E-state index is 13.6. The maximum Gasteiger partial charge on any atom is 0.170 e. The van der Waals surface area contributed by atoms with Gasteiger partial charge in [0, 0.05) is 23.4 Å². The van der Waals surface area contributed by atoms with Crippen molar-refractivity contribution in [3.63, 3.8) is 0 Å². The first-order chi connectivity index (χ1) is 10.00. The lowest BCUT2D eigenvalue weighted by atomic mass is 10.0. The second-order valence-corrected chi connectivity index (χ2v) is 6.31. The Balaban J connectivity index is 2.74. The summed E-state index contributed by atoms with van der Waals surface area (Å²) in [6.07, 6.45) is 4.28. The fourth-order valence-electron chi connectivity index (χ4n) is 2.25. The average Bonchev–Trinajstić information content (AvgIpc) is 2.50. The van der Waals surface area contributed by atoms with Crippen LogP contribution in [0.4, 0.5) is 4.39 Å². The Labute approximate surface area is 130 Å². The molecule has 0 bridgehead atoms. The van der Waals surface area contributed by atoms with Gasteiger partial charge in [-0.3, -0.25) is 0 Å². The van der Waals surface area contributed by atoms with Crippen LogP contribution < -0.4 is 11.1 Å². The molecule has 0 saturated heterocycles. The minimum absolute atomic E-state index is 0.0867. The lowest BCUT2D eigenvalue weighted by molar-refractivity contribution is 0.318. The number of rotatable bonds is 8. The Morgan fingerprint density at radius 3 is 2.57 bits per heavy atom. The van der Waals surface area contributed by atoms with E-state index in [1.807, 2.05) is 11.8 Å². The largest absolute Gasteiger partial charge is 0.409 e. The molecule has 0 aliphatic rings. The summed E-state index contributed by atoms with van der Waals surface area (Å²) in [7, 11) is 0. The number of amidine groups is 1. The highest BCUT2D eigenvalue weighted by molar-refractivity contribution is 8.00. The van der Waals surface area contributed by atoms with Gasteiger partial charge in [-0.2, -0.15) is 11.8 Å². The first-order valence-electron chi connectivity index (χ1n) is 7.03. The van der Waals surface area contributed by atoms with Gasteiger partial charge in [-0.25, -0.2) is 4.39 Å². The Hall–Kier alpha value is -1.27. The van der Waals surface area contributed by atoms with Crippen molar-refractivity contribution >= 4 is 17.6 Å². The van der Waals surface area contributed by atoms with E-state index in [2.05, 4.69) is 30.6 Å². The predicted molar refractivity (Wildman–Crippen MR) is 87.4 cm³/mol. The SMILES string of the molecule is CCC(CC)(CNCc1cc(F)cc(/C(N)=N/O)c1)SC. The van der Waals surface area contributed by atoms with E-state index in [9.17, 15) is 4.39 Å². The van der Waals surface area contributed by atoms with Crippen molar-refractivity contribution in [2.24, 2.45) is 10.9 Å². The quantitative estimate of drug-likeness (QED) is 0.299. The lowest BCUT2D eigenvalue weighted by Gasteiger charge is -2.30. The van der Waals surface area contributed by atoms with Crippen molar-refractivity contribution in [2.75, 3.05) is 12.8 Å². The zero-order valence-electron chi connectivity index (χ0n) is 12.8. The molecule has 1 aromatic carbocycles. The van der Waals surface area contributed by atoms with Crippen molar-refractivity contribution in [3.8, 4) is 0 Å². The van der Waals surface area contributed by atoms with Crippen molar-refractivity contribution in [2.45, 2.75) is 38.0 Å². The van der Waals surface area contributed by atoms with Crippen LogP contribution in [-0.4, -0.2) is 28.6 Å². The zero-order chi connectivity index (χ0) is 15.9. The number of oxime groups is 1. The third-order valence-corrected chi connectivity index (χ3v) is 5.45. The molecular formula is C15H24FN3OS. The molecule has 1 aromatic rings. The van der Waals surface area contributed by atoms with E-state index >= 15 is 0 Å². The van der Waals surface area contributed by atoms with Crippen molar-refractivity contribution in [1.82, 2.24) is 5.32 Å². The lowest BCUT2D eigenvalue weighted by Crippen LogP contribution is -2.36. The number of halogens is 1. The van der Waals surface area contributed by atoms with Gasteiger partial charge in [-0.1, -0.05) is 19.0 Å². The van der Waals surface area contributed by atoms with Crippen LogP contribution in [-0.2, 0) is 6.54 Å². The van der Waals surface area contributed by atoms with Crippen LogP contribution in [0.2, 0.25) is 0 Å². The van der Waals surface area contributed by atoms with E-state index in [0.29, 0.717) is 12.1 Å². The van der Waals surface area contributed by atoms with Gasteiger partial charge in [-0.05, 0) is 42.9 Å². The summed E-state index contributed by atoms with van der Waals surface area (Å²) < 4.78 is 13.8. The Kier molecular flexibility index (Phi) is 6.98. The number of nitrogens with one attached hydrogen (secondary N) is 1. The van der Waals surface area contributed by atoms with E-state index in [1.165, 1.54) is 12.1 Å². The Bertz CT molecular complexity index is 482. The van der Waals surface area contributed by atoms with Gasteiger partial charge in [0.2, 0.25) is 0 Å². The van der Waals surface area contributed by atoms with E-state index in [-0.39, 0.29) is 10.6 Å². The second kappa shape index (κ2) is 8.24. The molecule has 0 radical (unpaired) electrons. The molecule has 21 heavy (non-hydrogen) atoms. The maximum absolute atomic E-state index is 13.6. The molecule has 118 valence electrons. The normalized spacial score (nSPS) is 12.7. The molecular weight excluding hydrogens is 289 g/mol. The van der Waals surface area contributed by atoms with Crippen molar-refractivity contribution < 1.29 is 9.60 Å². The van der Waals surface area contributed by atoms with Gasteiger partial charge < -0.3 is 16.3 Å². The minimum atomic E-state index is -0.391. The molecule has 4 nitrogen and oxygen atoms in total. The molecule has 4 N–H and O–H groups in total.